The molecule has 0 aliphatic heterocycles. The van der Waals surface area contributed by atoms with E-state index in [9.17, 15) is 23.2 Å². The van der Waals surface area contributed by atoms with Crippen molar-refractivity contribution in [3.63, 3.8) is 0 Å². The number of halogens is 2. The maximum Gasteiger partial charge on any atom is 0.346 e. The summed E-state index contributed by atoms with van der Waals surface area (Å²) in [7, 11) is 0. The molecule has 3 aromatic carbocycles. The fourth-order valence-electron chi connectivity index (χ4n) is 2.35. The number of hydrogen-bond acceptors (Lipinski definition) is 5. The number of rotatable bonds is 5. The van der Waals surface area contributed by atoms with Crippen molar-refractivity contribution in [3.05, 3.63) is 95.6 Å². The first-order chi connectivity index (χ1) is 14.9. The first-order valence-corrected chi connectivity index (χ1v) is 8.89. The maximum atomic E-state index is 13.6. The van der Waals surface area contributed by atoms with Crippen LogP contribution in [0.1, 0.15) is 15.9 Å². The quantitative estimate of drug-likeness (QED) is 0.216. The van der Waals surface area contributed by atoms with Crippen molar-refractivity contribution in [2.45, 2.75) is 0 Å². The fraction of sp³-hybridized carbons (Fsp3) is 0. The third kappa shape index (κ3) is 6.04. The second kappa shape index (κ2) is 9.88. The Morgan fingerprint density at radius 2 is 1.52 bits per heavy atom. The van der Waals surface area contributed by atoms with Gasteiger partial charge >= 0.3 is 17.8 Å². The number of amides is 2. The van der Waals surface area contributed by atoms with Crippen molar-refractivity contribution in [2.75, 3.05) is 5.32 Å². The minimum Gasteiger partial charge on any atom is -0.423 e. The van der Waals surface area contributed by atoms with Gasteiger partial charge in [-0.15, -0.1) is 0 Å². The van der Waals surface area contributed by atoms with Gasteiger partial charge in [-0.2, -0.15) is 5.10 Å². The number of carbonyl (C=O) groups excluding carboxylic acids is 3. The Balaban J connectivity index is 1.51. The Bertz CT molecular complexity index is 1130. The summed E-state index contributed by atoms with van der Waals surface area (Å²) in [6.07, 6.45) is 1.27. The van der Waals surface area contributed by atoms with Crippen LogP contribution in [0.5, 0.6) is 5.75 Å². The largest absolute Gasteiger partial charge is 0.423 e. The molecule has 9 heteroatoms. The van der Waals surface area contributed by atoms with Crippen LogP contribution in [0.25, 0.3) is 0 Å². The molecule has 0 bridgehead atoms. The van der Waals surface area contributed by atoms with Gasteiger partial charge in [0.25, 0.3) is 0 Å². The zero-order chi connectivity index (χ0) is 22.2. The van der Waals surface area contributed by atoms with Gasteiger partial charge in [-0.3, -0.25) is 9.59 Å². The zero-order valence-corrected chi connectivity index (χ0v) is 15.8. The van der Waals surface area contributed by atoms with E-state index < -0.39 is 29.4 Å². The first-order valence-electron chi connectivity index (χ1n) is 8.89. The number of nitrogens with one attached hydrogen (secondary N) is 2. The summed E-state index contributed by atoms with van der Waals surface area (Å²) in [5, 5.41) is 5.96. The minimum atomic E-state index is -1.02. The summed E-state index contributed by atoms with van der Waals surface area (Å²) in [6.45, 7) is 0. The number of ether oxygens (including phenoxy) is 1. The third-order valence-electron chi connectivity index (χ3n) is 3.87. The van der Waals surface area contributed by atoms with Crippen LogP contribution >= 0.6 is 0 Å². The number of anilines is 1. The number of carbonyl (C=O) groups is 3. The number of nitrogens with zero attached hydrogens (tertiary/aromatic N) is 1. The third-order valence-corrected chi connectivity index (χ3v) is 3.87. The lowest BCUT2D eigenvalue weighted by atomic mass is 10.2. The van der Waals surface area contributed by atoms with Crippen LogP contribution in [0.15, 0.2) is 77.9 Å². The topological polar surface area (TPSA) is 96.9 Å². The number of hydrogen-bond donors (Lipinski definition) is 2. The van der Waals surface area contributed by atoms with Gasteiger partial charge in [0, 0.05) is 5.69 Å². The molecular weight excluding hydrogens is 408 g/mol. The van der Waals surface area contributed by atoms with Crippen molar-refractivity contribution in [1.29, 1.82) is 0 Å². The highest BCUT2D eigenvalue weighted by molar-refractivity contribution is 6.39. The second-order valence-electron chi connectivity index (χ2n) is 6.10. The summed E-state index contributed by atoms with van der Waals surface area (Å²) in [4.78, 5) is 35.5. The van der Waals surface area contributed by atoms with Gasteiger partial charge in [-0.05, 0) is 66.2 Å². The molecule has 0 unspecified atom stereocenters. The van der Waals surface area contributed by atoms with Crippen molar-refractivity contribution in [3.8, 4) is 5.75 Å². The molecule has 2 amide bonds. The van der Waals surface area contributed by atoms with Gasteiger partial charge in [-0.1, -0.05) is 12.1 Å². The normalized spacial score (nSPS) is 10.5. The molecule has 0 aliphatic carbocycles. The average Bonchev–Trinajstić information content (AvgIpc) is 2.76. The van der Waals surface area contributed by atoms with Gasteiger partial charge in [-0.25, -0.2) is 19.0 Å². The van der Waals surface area contributed by atoms with Gasteiger partial charge in [0.05, 0.1) is 11.8 Å². The highest BCUT2D eigenvalue weighted by Crippen LogP contribution is 2.15. The lowest BCUT2D eigenvalue weighted by molar-refractivity contribution is -0.136. The summed E-state index contributed by atoms with van der Waals surface area (Å²) in [5.74, 6) is -3.79. The Kier molecular flexibility index (Phi) is 6.79. The van der Waals surface area contributed by atoms with Crippen LogP contribution < -0.4 is 15.5 Å². The molecule has 3 rings (SSSR count). The van der Waals surface area contributed by atoms with E-state index in [0.717, 1.165) is 18.2 Å². The number of esters is 1. The Labute approximate surface area is 175 Å². The van der Waals surface area contributed by atoms with E-state index in [-0.39, 0.29) is 17.0 Å². The summed E-state index contributed by atoms with van der Waals surface area (Å²) >= 11 is 0. The van der Waals surface area contributed by atoms with E-state index in [0.29, 0.717) is 5.56 Å². The van der Waals surface area contributed by atoms with Crippen LogP contribution in [0.2, 0.25) is 0 Å². The number of benzene rings is 3. The van der Waals surface area contributed by atoms with Crippen molar-refractivity contribution in [2.24, 2.45) is 5.10 Å². The van der Waals surface area contributed by atoms with Crippen LogP contribution in [0, 0.1) is 11.6 Å². The fourth-order valence-corrected chi connectivity index (χ4v) is 2.35. The lowest BCUT2D eigenvalue weighted by Gasteiger charge is -2.05. The second-order valence-corrected chi connectivity index (χ2v) is 6.10. The van der Waals surface area contributed by atoms with E-state index in [1.54, 1.807) is 0 Å². The van der Waals surface area contributed by atoms with E-state index in [2.05, 4.69) is 15.8 Å². The van der Waals surface area contributed by atoms with Gasteiger partial charge in [0.2, 0.25) is 0 Å². The van der Waals surface area contributed by atoms with Crippen molar-refractivity contribution >= 4 is 29.7 Å². The predicted molar refractivity (Wildman–Crippen MR) is 109 cm³/mol. The average molecular weight is 423 g/mol. The first kappa shape index (κ1) is 21.3. The van der Waals surface area contributed by atoms with E-state index in [1.807, 2.05) is 0 Å². The molecule has 156 valence electrons. The van der Waals surface area contributed by atoms with Crippen molar-refractivity contribution < 1.29 is 27.9 Å². The Hall–Kier alpha value is -4.40. The molecule has 0 aromatic heterocycles. The molecule has 0 radical (unpaired) electrons. The molecule has 0 atom stereocenters. The molecule has 0 heterocycles. The molecule has 0 saturated carbocycles. The van der Waals surface area contributed by atoms with Crippen LogP contribution in [-0.4, -0.2) is 24.0 Å². The smallest absolute Gasteiger partial charge is 0.346 e. The van der Waals surface area contributed by atoms with Crippen LogP contribution in [0.3, 0.4) is 0 Å². The predicted octanol–water partition coefficient (Wildman–Crippen LogP) is 3.27. The molecule has 2 N–H and O–H groups in total. The molecule has 31 heavy (non-hydrogen) atoms. The monoisotopic (exact) mass is 423 g/mol. The van der Waals surface area contributed by atoms with Crippen molar-refractivity contribution in [1.82, 2.24) is 5.43 Å². The highest BCUT2D eigenvalue weighted by atomic mass is 19.1. The molecule has 0 fully saturated rings. The van der Waals surface area contributed by atoms with E-state index in [1.165, 1.54) is 60.8 Å². The molecule has 7 nitrogen and oxygen atoms in total. The van der Waals surface area contributed by atoms with E-state index >= 15 is 0 Å². The maximum absolute atomic E-state index is 13.6. The Morgan fingerprint density at radius 3 is 2.19 bits per heavy atom. The van der Waals surface area contributed by atoms with Crippen LogP contribution in [0.4, 0.5) is 14.5 Å². The summed E-state index contributed by atoms with van der Waals surface area (Å²) in [5.41, 5.74) is 2.66. The molecular formula is C22H15F2N3O4. The number of hydrazone groups is 1. The van der Waals surface area contributed by atoms with Gasteiger partial charge in [0.1, 0.15) is 17.4 Å². The SMILES string of the molecule is O=C(NN=Cc1ccc(OC(=O)c2ccccc2F)cc1)C(=O)Nc1ccc(F)cc1. The Morgan fingerprint density at radius 1 is 0.839 bits per heavy atom. The molecule has 3 aromatic rings. The highest BCUT2D eigenvalue weighted by Gasteiger charge is 2.14. The van der Waals surface area contributed by atoms with Gasteiger partial charge in [0.15, 0.2) is 0 Å². The molecule has 0 saturated heterocycles. The summed E-state index contributed by atoms with van der Waals surface area (Å²) < 4.78 is 31.6. The van der Waals surface area contributed by atoms with Gasteiger partial charge < -0.3 is 10.1 Å². The zero-order valence-electron chi connectivity index (χ0n) is 15.8. The molecule has 0 aliphatic rings. The van der Waals surface area contributed by atoms with Crippen LogP contribution in [-0.2, 0) is 9.59 Å². The standard InChI is InChI=1S/C22H15F2N3O4/c23-15-7-9-16(10-8-15)26-20(28)21(29)27-25-13-14-5-11-17(12-6-14)31-22(30)18-3-1-2-4-19(18)24/h1-13H,(H,26,28)(H,27,29). The summed E-state index contributed by atoms with van der Waals surface area (Å²) in [6, 6.07) is 16.4. The molecule has 0 spiro atoms. The van der Waals surface area contributed by atoms with E-state index in [4.69, 9.17) is 4.74 Å². The lowest BCUT2D eigenvalue weighted by Crippen LogP contribution is -2.32. The minimum absolute atomic E-state index is 0.185.